The lowest BCUT2D eigenvalue weighted by Gasteiger charge is -2.37. The van der Waals surface area contributed by atoms with Gasteiger partial charge in [0, 0.05) is 32.9 Å². The molecule has 0 bridgehead atoms. The molecule has 2 rings (SSSR count). The Labute approximate surface area is 137 Å². The van der Waals surface area contributed by atoms with Gasteiger partial charge in [-0.15, -0.1) is 0 Å². The van der Waals surface area contributed by atoms with E-state index in [9.17, 15) is 14.9 Å². The van der Waals surface area contributed by atoms with Crippen LogP contribution in [0.15, 0.2) is 18.2 Å². The van der Waals surface area contributed by atoms with Gasteiger partial charge >= 0.3 is 0 Å². The van der Waals surface area contributed by atoms with Gasteiger partial charge in [-0.3, -0.25) is 9.59 Å². The normalized spacial score (nSPS) is 16.5. The van der Waals surface area contributed by atoms with Crippen LogP contribution in [0.3, 0.4) is 0 Å². The number of carbonyl (C=O) groups is 2. The van der Waals surface area contributed by atoms with Crippen molar-refractivity contribution in [3.05, 3.63) is 34.9 Å². The Bertz CT molecular complexity index is 653. The minimum absolute atomic E-state index is 0.0122. The van der Waals surface area contributed by atoms with Crippen LogP contribution in [0.2, 0.25) is 0 Å². The van der Waals surface area contributed by atoms with Gasteiger partial charge in [0.15, 0.2) is 0 Å². The van der Waals surface area contributed by atoms with Crippen molar-refractivity contribution < 1.29 is 9.59 Å². The number of hydrogen-bond donors (Lipinski definition) is 1. The maximum Gasteiger partial charge on any atom is 0.225 e. The first-order valence-electron chi connectivity index (χ1n) is 7.89. The molecule has 1 N–H and O–H groups in total. The highest BCUT2D eigenvalue weighted by Gasteiger charge is 2.36. The first-order valence-corrected chi connectivity index (χ1v) is 7.89. The van der Waals surface area contributed by atoms with Crippen molar-refractivity contribution in [2.45, 2.75) is 45.6 Å². The number of hydrogen-bond acceptors (Lipinski definition) is 3. The number of likely N-dealkylation sites (tertiary alicyclic amines) is 1. The Morgan fingerprint density at radius 2 is 1.96 bits per heavy atom. The molecule has 122 valence electrons. The number of carbonyl (C=O) groups excluding carboxylic acids is 2. The predicted molar refractivity (Wildman–Crippen MR) is 87.6 cm³/mol. The number of nitrogens with one attached hydrogen (secondary N) is 1. The van der Waals surface area contributed by atoms with Gasteiger partial charge in [0.25, 0.3) is 0 Å². The number of aryl methyl sites for hydroxylation is 2. The second-order valence-corrected chi connectivity index (χ2v) is 6.35. The van der Waals surface area contributed by atoms with Gasteiger partial charge in [-0.05, 0) is 25.0 Å². The fourth-order valence-corrected chi connectivity index (χ4v) is 3.00. The fourth-order valence-electron chi connectivity index (χ4n) is 3.00. The molecule has 1 aliphatic heterocycles. The highest BCUT2D eigenvalue weighted by molar-refractivity contribution is 5.80. The zero-order valence-electron chi connectivity index (χ0n) is 14.0. The largest absolute Gasteiger partial charge is 0.343 e. The number of piperidine rings is 1. The quantitative estimate of drug-likeness (QED) is 0.926. The van der Waals surface area contributed by atoms with Crippen LogP contribution in [0.25, 0.3) is 0 Å². The average molecular weight is 313 g/mol. The van der Waals surface area contributed by atoms with Gasteiger partial charge in [0.05, 0.1) is 12.5 Å². The fraction of sp³-hybridized carbons (Fsp3) is 0.500. The molecule has 1 aromatic carbocycles. The van der Waals surface area contributed by atoms with Crippen molar-refractivity contribution in [2.75, 3.05) is 13.1 Å². The van der Waals surface area contributed by atoms with Crippen molar-refractivity contribution in [3.8, 4) is 6.07 Å². The number of nitriles is 1. The van der Waals surface area contributed by atoms with Crippen LogP contribution in [0, 0.1) is 25.2 Å². The van der Waals surface area contributed by atoms with Crippen LogP contribution in [-0.2, 0) is 16.0 Å². The van der Waals surface area contributed by atoms with Crippen LogP contribution >= 0.6 is 0 Å². The summed E-state index contributed by atoms with van der Waals surface area (Å²) in [6, 6.07) is 8.24. The molecule has 0 radical (unpaired) electrons. The third-order valence-corrected chi connectivity index (χ3v) is 4.50. The molecule has 0 saturated carbocycles. The molecule has 1 heterocycles. The van der Waals surface area contributed by atoms with Crippen molar-refractivity contribution in [1.29, 1.82) is 5.26 Å². The van der Waals surface area contributed by atoms with E-state index in [1.165, 1.54) is 6.92 Å². The Balaban J connectivity index is 2.01. The summed E-state index contributed by atoms with van der Waals surface area (Å²) in [6.45, 7) is 6.54. The highest BCUT2D eigenvalue weighted by Crippen LogP contribution is 2.22. The van der Waals surface area contributed by atoms with Gasteiger partial charge in [-0.2, -0.15) is 5.26 Å². The lowest BCUT2D eigenvalue weighted by Crippen LogP contribution is -2.55. The van der Waals surface area contributed by atoms with E-state index in [0.717, 1.165) is 16.7 Å². The molecule has 0 atom stereocenters. The molecule has 0 aromatic heterocycles. The van der Waals surface area contributed by atoms with Gasteiger partial charge < -0.3 is 10.2 Å². The molecular formula is C18H23N3O2. The van der Waals surface area contributed by atoms with Crippen LogP contribution in [0.4, 0.5) is 0 Å². The molecule has 0 spiro atoms. The molecule has 23 heavy (non-hydrogen) atoms. The summed E-state index contributed by atoms with van der Waals surface area (Å²) in [4.78, 5) is 25.5. The Hall–Kier alpha value is -2.35. The summed E-state index contributed by atoms with van der Waals surface area (Å²) in [6.07, 6.45) is 1.22. The minimum Gasteiger partial charge on any atom is -0.343 e. The Morgan fingerprint density at radius 1 is 1.30 bits per heavy atom. The summed E-state index contributed by atoms with van der Waals surface area (Å²) in [7, 11) is 0. The van der Waals surface area contributed by atoms with Gasteiger partial charge in [0.2, 0.25) is 11.8 Å². The number of nitrogens with zero attached hydrogens (tertiary/aromatic N) is 2. The lowest BCUT2D eigenvalue weighted by atomic mass is 9.88. The predicted octanol–water partition coefficient (Wildman–Crippen LogP) is 1.87. The molecule has 1 fully saturated rings. The molecule has 5 nitrogen and oxygen atoms in total. The molecule has 0 unspecified atom stereocenters. The minimum atomic E-state index is -0.859. The molecule has 1 saturated heterocycles. The van der Waals surface area contributed by atoms with Crippen LogP contribution in [0.5, 0.6) is 0 Å². The van der Waals surface area contributed by atoms with Crippen LogP contribution in [-0.4, -0.2) is 35.3 Å². The zero-order valence-corrected chi connectivity index (χ0v) is 14.0. The summed E-state index contributed by atoms with van der Waals surface area (Å²) >= 11 is 0. The van der Waals surface area contributed by atoms with Crippen molar-refractivity contribution in [2.24, 2.45) is 0 Å². The lowest BCUT2D eigenvalue weighted by molar-refractivity contribution is -0.130. The smallest absolute Gasteiger partial charge is 0.225 e. The van der Waals surface area contributed by atoms with Crippen molar-refractivity contribution >= 4 is 11.8 Å². The average Bonchev–Trinajstić information content (AvgIpc) is 2.50. The van der Waals surface area contributed by atoms with E-state index in [-0.39, 0.29) is 18.2 Å². The molecule has 1 aromatic rings. The van der Waals surface area contributed by atoms with E-state index in [4.69, 9.17) is 0 Å². The standard InChI is InChI=1S/C18H23N3O2/c1-13-4-5-16(14(2)10-13)11-17(23)20-18(12-19)6-8-21(9-7-18)15(3)22/h4-5,10H,6-9,11H2,1-3H3,(H,20,23). The van der Waals surface area contributed by atoms with Crippen LogP contribution < -0.4 is 5.32 Å². The van der Waals surface area contributed by atoms with Crippen LogP contribution in [0.1, 0.15) is 36.5 Å². The SMILES string of the molecule is CC(=O)N1CCC(C#N)(NC(=O)Cc2ccc(C)cc2C)CC1. The van der Waals surface area contributed by atoms with Crippen molar-refractivity contribution in [3.63, 3.8) is 0 Å². The Kier molecular flexibility index (Phi) is 5.05. The van der Waals surface area contributed by atoms with Crippen molar-refractivity contribution in [1.82, 2.24) is 10.2 Å². The van der Waals surface area contributed by atoms with E-state index in [2.05, 4.69) is 11.4 Å². The molecule has 5 heteroatoms. The third-order valence-electron chi connectivity index (χ3n) is 4.50. The van der Waals surface area contributed by atoms with E-state index in [1.807, 2.05) is 32.0 Å². The van der Waals surface area contributed by atoms with Gasteiger partial charge in [-0.25, -0.2) is 0 Å². The van der Waals surface area contributed by atoms with E-state index in [1.54, 1.807) is 4.90 Å². The molecule has 0 aliphatic carbocycles. The number of benzene rings is 1. The summed E-state index contributed by atoms with van der Waals surface area (Å²) in [5.41, 5.74) is 2.36. The molecular weight excluding hydrogens is 290 g/mol. The number of amides is 2. The topological polar surface area (TPSA) is 73.2 Å². The summed E-state index contributed by atoms with van der Waals surface area (Å²) < 4.78 is 0. The van der Waals surface area contributed by atoms with E-state index < -0.39 is 5.54 Å². The highest BCUT2D eigenvalue weighted by atomic mass is 16.2. The van der Waals surface area contributed by atoms with Gasteiger partial charge in [-0.1, -0.05) is 23.8 Å². The maximum atomic E-state index is 12.4. The van der Waals surface area contributed by atoms with Gasteiger partial charge in [0.1, 0.15) is 5.54 Å². The second-order valence-electron chi connectivity index (χ2n) is 6.35. The zero-order chi connectivity index (χ0) is 17.0. The first-order chi connectivity index (χ1) is 10.8. The summed E-state index contributed by atoms with van der Waals surface area (Å²) in [5.74, 6) is -0.132. The summed E-state index contributed by atoms with van der Waals surface area (Å²) in [5, 5.41) is 12.4. The second kappa shape index (κ2) is 6.82. The Morgan fingerprint density at radius 3 is 2.48 bits per heavy atom. The monoisotopic (exact) mass is 313 g/mol. The first kappa shape index (κ1) is 17.0. The molecule has 1 aliphatic rings. The van der Waals surface area contributed by atoms with E-state index >= 15 is 0 Å². The maximum absolute atomic E-state index is 12.4. The third kappa shape index (κ3) is 4.10. The number of rotatable bonds is 3. The molecule has 2 amide bonds. The van der Waals surface area contributed by atoms with E-state index in [0.29, 0.717) is 25.9 Å².